The fraction of sp³-hybridized carbons (Fsp3) is 0.529. The number of nitrogens with zero attached hydrogens (tertiary/aromatic N) is 2. The maximum atomic E-state index is 12.7. The van der Waals surface area contributed by atoms with Crippen molar-refractivity contribution in [3.63, 3.8) is 0 Å². The lowest BCUT2D eigenvalue weighted by atomic mass is 10.2. The molecule has 1 aliphatic heterocycles. The minimum atomic E-state index is -3.33. The van der Waals surface area contributed by atoms with E-state index in [1.165, 1.54) is 0 Å². The van der Waals surface area contributed by atoms with Crippen LogP contribution in [0.4, 0.5) is 5.69 Å². The van der Waals surface area contributed by atoms with Gasteiger partial charge in [-0.1, -0.05) is 0 Å². The smallest absolute Gasteiger partial charge is 0.253 e. The van der Waals surface area contributed by atoms with E-state index in [2.05, 4.69) is 4.72 Å². The summed E-state index contributed by atoms with van der Waals surface area (Å²) in [7, 11) is -3.33. The Morgan fingerprint density at radius 3 is 2.20 bits per heavy atom. The van der Waals surface area contributed by atoms with Gasteiger partial charge in [0.05, 0.1) is 6.26 Å². The maximum Gasteiger partial charge on any atom is 0.253 e. The Kier molecular flexibility index (Phi) is 4.99. The molecule has 2 fully saturated rings. The van der Waals surface area contributed by atoms with Crippen LogP contribution < -0.4 is 4.72 Å². The van der Waals surface area contributed by atoms with Crippen molar-refractivity contribution in [2.45, 2.75) is 19.3 Å². The van der Waals surface area contributed by atoms with Crippen LogP contribution in [-0.2, 0) is 14.8 Å². The third-order valence-corrected chi connectivity index (χ3v) is 5.06. The molecule has 3 rings (SSSR count). The van der Waals surface area contributed by atoms with Gasteiger partial charge in [0, 0.05) is 43.3 Å². The zero-order chi connectivity index (χ0) is 18.0. The van der Waals surface area contributed by atoms with Crippen LogP contribution in [0.1, 0.15) is 29.6 Å². The predicted octanol–water partition coefficient (Wildman–Crippen LogP) is 1.14. The first-order chi connectivity index (χ1) is 11.8. The molecule has 136 valence electrons. The number of carbonyl (C=O) groups is 2. The molecule has 7 nitrogen and oxygen atoms in total. The van der Waals surface area contributed by atoms with E-state index in [1.807, 2.05) is 4.90 Å². The van der Waals surface area contributed by atoms with Crippen LogP contribution in [0.25, 0.3) is 0 Å². The van der Waals surface area contributed by atoms with Crippen LogP contribution in [-0.4, -0.2) is 62.5 Å². The molecular formula is C17H23N3O4S. The third kappa shape index (κ3) is 4.72. The van der Waals surface area contributed by atoms with Crippen molar-refractivity contribution in [1.29, 1.82) is 0 Å². The molecular weight excluding hydrogens is 342 g/mol. The van der Waals surface area contributed by atoms with E-state index >= 15 is 0 Å². The Hall–Kier alpha value is -2.09. The Morgan fingerprint density at radius 2 is 1.60 bits per heavy atom. The van der Waals surface area contributed by atoms with Gasteiger partial charge in [-0.15, -0.1) is 0 Å². The monoisotopic (exact) mass is 365 g/mol. The number of sulfonamides is 1. The molecule has 2 amide bonds. The van der Waals surface area contributed by atoms with E-state index < -0.39 is 10.0 Å². The van der Waals surface area contributed by atoms with Crippen molar-refractivity contribution < 1.29 is 18.0 Å². The number of hydrogen-bond donors (Lipinski definition) is 1. The molecule has 1 N–H and O–H groups in total. The van der Waals surface area contributed by atoms with Gasteiger partial charge >= 0.3 is 0 Å². The molecule has 0 radical (unpaired) electrons. The van der Waals surface area contributed by atoms with Gasteiger partial charge in [0.2, 0.25) is 15.9 Å². The molecule has 1 aromatic carbocycles. The Bertz CT molecular complexity index is 757. The van der Waals surface area contributed by atoms with Crippen molar-refractivity contribution in [2.75, 3.05) is 37.2 Å². The molecule has 0 unspecified atom stereocenters. The highest BCUT2D eigenvalue weighted by Crippen LogP contribution is 2.31. The van der Waals surface area contributed by atoms with Gasteiger partial charge in [-0.2, -0.15) is 0 Å². The lowest BCUT2D eigenvalue weighted by Gasteiger charge is -2.22. The number of carbonyl (C=O) groups excluding carboxylic acids is 2. The number of benzene rings is 1. The van der Waals surface area contributed by atoms with E-state index in [-0.39, 0.29) is 17.7 Å². The summed E-state index contributed by atoms with van der Waals surface area (Å²) in [5.41, 5.74) is 0.942. The molecule has 1 aliphatic carbocycles. The van der Waals surface area contributed by atoms with Crippen LogP contribution in [0.3, 0.4) is 0 Å². The lowest BCUT2D eigenvalue weighted by molar-refractivity contribution is -0.132. The Labute approximate surface area is 148 Å². The standard InChI is InChI=1S/C17H23N3O4S/c1-25(23,24)18-15-7-5-14(6-8-15)17(22)20-10-2-9-19(11-12-20)16(21)13-3-4-13/h5-8,13,18H,2-4,9-12H2,1H3. The molecule has 0 atom stereocenters. The summed E-state index contributed by atoms with van der Waals surface area (Å²) in [5.74, 6) is 0.342. The fourth-order valence-corrected chi connectivity index (χ4v) is 3.57. The largest absolute Gasteiger partial charge is 0.341 e. The zero-order valence-corrected chi connectivity index (χ0v) is 15.1. The van der Waals surface area contributed by atoms with E-state index in [0.717, 1.165) is 25.5 Å². The predicted molar refractivity (Wildman–Crippen MR) is 94.7 cm³/mol. The van der Waals surface area contributed by atoms with Gasteiger partial charge in [-0.05, 0) is 43.5 Å². The van der Waals surface area contributed by atoms with Gasteiger partial charge in [-0.25, -0.2) is 8.42 Å². The molecule has 1 aromatic rings. The average molecular weight is 365 g/mol. The van der Waals surface area contributed by atoms with Crippen LogP contribution >= 0.6 is 0 Å². The van der Waals surface area contributed by atoms with Crippen LogP contribution in [0.15, 0.2) is 24.3 Å². The second-order valence-corrected chi connectivity index (χ2v) is 8.45. The van der Waals surface area contributed by atoms with Gasteiger partial charge in [0.15, 0.2) is 0 Å². The van der Waals surface area contributed by atoms with E-state index in [1.54, 1.807) is 29.2 Å². The summed E-state index contributed by atoms with van der Waals surface area (Å²) < 4.78 is 24.8. The highest BCUT2D eigenvalue weighted by molar-refractivity contribution is 7.92. The summed E-state index contributed by atoms with van der Waals surface area (Å²) in [5, 5.41) is 0. The fourth-order valence-electron chi connectivity index (χ4n) is 3.01. The highest BCUT2D eigenvalue weighted by atomic mass is 32.2. The Morgan fingerprint density at radius 1 is 1.00 bits per heavy atom. The van der Waals surface area contributed by atoms with Crippen molar-refractivity contribution in [2.24, 2.45) is 5.92 Å². The van der Waals surface area contributed by atoms with Crippen molar-refractivity contribution in [1.82, 2.24) is 9.80 Å². The first-order valence-electron chi connectivity index (χ1n) is 8.49. The summed E-state index contributed by atoms with van der Waals surface area (Å²) in [6.45, 7) is 2.43. The van der Waals surface area contributed by atoms with Gasteiger partial charge in [0.1, 0.15) is 0 Å². The summed E-state index contributed by atoms with van der Waals surface area (Å²) in [6, 6.07) is 6.39. The first kappa shape index (κ1) is 17.7. The van der Waals surface area contributed by atoms with Crippen LogP contribution in [0.5, 0.6) is 0 Å². The second kappa shape index (κ2) is 7.03. The number of amides is 2. The van der Waals surface area contributed by atoms with E-state index in [9.17, 15) is 18.0 Å². The molecule has 0 bridgehead atoms. The summed E-state index contributed by atoms with van der Waals surface area (Å²) in [6.07, 6.45) is 3.84. The van der Waals surface area contributed by atoms with Gasteiger partial charge in [-0.3, -0.25) is 14.3 Å². The van der Waals surface area contributed by atoms with Gasteiger partial charge in [0.25, 0.3) is 5.91 Å². The summed E-state index contributed by atoms with van der Waals surface area (Å²) in [4.78, 5) is 28.5. The number of rotatable bonds is 4. The molecule has 0 aromatic heterocycles. The second-order valence-electron chi connectivity index (χ2n) is 6.70. The van der Waals surface area contributed by atoms with Gasteiger partial charge < -0.3 is 9.80 Å². The van der Waals surface area contributed by atoms with Crippen molar-refractivity contribution in [3.8, 4) is 0 Å². The first-order valence-corrected chi connectivity index (χ1v) is 10.4. The lowest BCUT2D eigenvalue weighted by Crippen LogP contribution is -2.37. The minimum Gasteiger partial charge on any atom is -0.341 e. The zero-order valence-electron chi connectivity index (χ0n) is 14.3. The number of hydrogen-bond acceptors (Lipinski definition) is 4. The van der Waals surface area contributed by atoms with Crippen molar-refractivity contribution >= 4 is 27.5 Å². The molecule has 2 aliphatic rings. The SMILES string of the molecule is CS(=O)(=O)Nc1ccc(C(=O)N2CCCN(C(=O)C3CC3)CC2)cc1. The maximum absolute atomic E-state index is 12.7. The molecule has 1 saturated heterocycles. The quantitative estimate of drug-likeness (QED) is 0.867. The van der Waals surface area contributed by atoms with E-state index in [0.29, 0.717) is 37.4 Å². The summed E-state index contributed by atoms with van der Waals surface area (Å²) >= 11 is 0. The third-order valence-electron chi connectivity index (χ3n) is 4.46. The average Bonchev–Trinajstić information content (AvgIpc) is 3.39. The number of anilines is 1. The Balaban J connectivity index is 1.61. The molecule has 1 heterocycles. The molecule has 0 spiro atoms. The number of nitrogens with one attached hydrogen (secondary N) is 1. The molecule has 25 heavy (non-hydrogen) atoms. The van der Waals surface area contributed by atoms with Crippen LogP contribution in [0.2, 0.25) is 0 Å². The normalized spacial score (nSPS) is 18.6. The molecule has 8 heteroatoms. The van der Waals surface area contributed by atoms with Crippen molar-refractivity contribution in [3.05, 3.63) is 29.8 Å². The topological polar surface area (TPSA) is 86.8 Å². The van der Waals surface area contributed by atoms with E-state index in [4.69, 9.17) is 0 Å². The minimum absolute atomic E-state index is 0.0911. The highest BCUT2D eigenvalue weighted by Gasteiger charge is 2.34. The van der Waals surface area contributed by atoms with Crippen LogP contribution in [0, 0.1) is 5.92 Å². The molecule has 1 saturated carbocycles.